The van der Waals surface area contributed by atoms with E-state index in [1.165, 1.54) is 0 Å². The van der Waals surface area contributed by atoms with E-state index in [9.17, 15) is 14.4 Å². The number of carboxylic acid groups (broad SMARTS) is 1. The van der Waals surface area contributed by atoms with Crippen LogP contribution in [0.4, 0.5) is 0 Å². The van der Waals surface area contributed by atoms with Crippen molar-refractivity contribution in [3.05, 3.63) is 22.5 Å². The predicted molar refractivity (Wildman–Crippen MR) is 86.1 cm³/mol. The Hall–Kier alpha value is -2.11. The zero-order chi connectivity index (χ0) is 17.1. The molecular weight excluding hydrogens is 308 g/mol. The molecule has 1 spiro atoms. The van der Waals surface area contributed by atoms with E-state index in [0.717, 1.165) is 43.4 Å². The molecule has 24 heavy (non-hydrogen) atoms. The van der Waals surface area contributed by atoms with Crippen LogP contribution in [0.25, 0.3) is 0 Å². The van der Waals surface area contributed by atoms with Gasteiger partial charge in [-0.05, 0) is 50.0 Å². The third kappa shape index (κ3) is 2.19. The second-order valence-corrected chi connectivity index (χ2v) is 7.50. The van der Waals surface area contributed by atoms with Crippen LogP contribution in [0.1, 0.15) is 64.2 Å². The molecule has 1 aromatic rings. The summed E-state index contributed by atoms with van der Waals surface area (Å²) in [5.74, 6) is -0.867. The molecule has 0 bridgehead atoms. The van der Waals surface area contributed by atoms with E-state index in [2.05, 4.69) is 4.98 Å². The maximum Gasteiger partial charge on any atom is 0.307 e. The summed E-state index contributed by atoms with van der Waals surface area (Å²) < 4.78 is 0. The quantitative estimate of drug-likeness (QED) is 0.869. The number of nitrogens with one attached hydrogen (secondary N) is 1. The fraction of sp³-hybridized carbons (Fsp3) is 0.611. The van der Waals surface area contributed by atoms with Crippen LogP contribution in [0, 0.1) is 18.3 Å². The minimum Gasteiger partial charge on any atom is -0.481 e. The summed E-state index contributed by atoms with van der Waals surface area (Å²) in [7, 11) is 0. The van der Waals surface area contributed by atoms with Crippen molar-refractivity contribution < 1.29 is 19.5 Å². The second-order valence-electron chi connectivity index (χ2n) is 7.50. The lowest BCUT2D eigenvalue weighted by Gasteiger charge is -2.32. The normalized spacial score (nSPS) is 24.8. The maximum absolute atomic E-state index is 12.9. The van der Waals surface area contributed by atoms with Gasteiger partial charge in [-0.2, -0.15) is 0 Å². The molecule has 6 nitrogen and oxygen atoms in total. The maximum atomic E-state index is 12.9. The van der Waals surface area contributed by atoms with Gasteiger partial charge in [-0.15, -0.1) is 0 Å². The highest BCUT2D eigenvalue weighted by molar-refractivity contribution is 6.04. The summed E-state index contributed by atoms with van der Waals surface area (Å²) in [6, 6.07) is 0. The number of aliphatic carboxylic acids is 1. The van der Waals surface area contributed by atoms with Crippen LogP contribution in [0.3, 0.4) is 0 Å². The summed E-state index contributed by atoms with van der Waals surface area (Å²) in [5.41, 5.74) is 2.84. The molecule has 128 valence electrons. The zero-order valence-corrected chi connectivity index (χ0v) is 13.9. The average molecular weight is 330 g/mol. The zero-order valence-electron chi connectivity index (χ0n) is 13.9. The molecule has 0 aromatic carbocycles. The fourth-order valence-electron chi connectivity index (χ4n) is 4.55. The largest absolute Gasteiger partial charge is 0.481 e. The molecule has 6 heteroatoms. The number of rotatable bonds is 2. The Bertz CT molecular complexity index is 740. The molecular formula is C18H22N2O4. The number of Topliss-reactive ketones (excluding diaryl/α,β-unsaturated/α-hetero) is 1. The van der Waals surface area contributed by atoms with E-state index in [0.29, 0.717) is 30.8 Å². The molecule has 2 aliphatic carbocycles. The van der Waals surface area contributed by atoms with Crippen molar-refractivity contribution in [3.8, 4) is 0 Å². The van der Waals surface area contributed by atoms with Crippen LogP contribution >= 0.6 is 0 Å². The van der Waals surface area contributed by atoms with Gasteiger partial charge < -0.3 is 15.0 Å². The summed E-state index contributed by atoms with van der Waals surface area (Å²) in [4.78, 5) is 41.1. The van der Waals surface area contributed by atoms with Gasteiger partial charge in [0.05, 0.1) is 5.92 Å². The Kier molecular flexibility index (Phi) is 3.34. The van der Waals surface area contributed by atoms with E-state index < -0.39 is 5.97 Å². The first-order chi connectivity index (χ1) is 11.4. The number of ketones is 1. The summed E-state index contributed by atoms with van der Waals surface area (Å²) in [5, 5.41) is 9.16. The minimum absolute atomic E-state index is 0.0583. The van der Waals surface area contributed by atoms with Gasteiger partial charge in [0.25, 0.3) is 5.91 Å². The Balaban J connectivity index is 1.50. The lowest BCUT2D eigenvalue weighted by atomic mass is 9.90. The van der Waals surface area contributed by atoms with Crippen molar-refractivity contribution in [1.29, 1.82) is 0 Å². The number of carboxylic acids is 1. The molecule has 1 aliphatic heterocycles. The molecule has 2 fully saturated rings. The number of carbonyl (C=O) groups is 3. The average Bonchev–Trinajstić information content (AvgIpc) is 3.15. The van der Waals surface area contributed by atoms with Gasteiger partial charge >= 0.3 is 5.97 Å². The van der Waals surface area contributed by atoms with Crippen LogP contribution in [-0.2, 0) is 11.2 Å². The van der Waals surface area contributed by atoms with Crippen LogP contribution in [-0.4, -0.2) is 45.7 Å². The third-order valence-electron chi connectivity index (χ3n) is 6.19. The number of H-pyrrole nitrogens is 1. The molecule has 1 aromatic heterocycles. The lowest BCUT2D eigenvalue weighted by Crippen LogP contribution is -2.40. The number of fused-ring (bicyclic) bond motifs is 1. The number of aromatic nitrogens is 1. The van der Waals surface area contributed by atoms with E-state index >= 15 is 0 Å². The van der Waals surface area contributed by atoms with E-state index in [1.54, 1.807) is 4.90 Å². The van der Waals surface area contributed by atoms with Gasteiger partial charge in [0.15, 0.2) is 5.78 Å². The molecule has 1 saturated heterocycles. The number of hydrogen-bond acceptors (Lipinski definition) is 3. The van der Waals surface area contributed by atoms with Gasteiger partial charge in [-0.25, -0.2) is 0 Å². The molecule has 2 heterocycles. The topological polar surface area (TPSA) is 90.5 Å². The van der Waals surface area contributed by atoms with E-state index in [-0.39, 0.29) is 23.0 Å². The molecule has 4 rings (SSSR count). The Labute approximate surface area is 140 Å². The molecule has 1 saturated carbocycles. The SMILES string of the molecule is Cc1c(C(=O)N2CCC3(CC2)CC3C(=O)O)[nH]c2c1C(=O)CCC2. The van der Waals surface area contributed by atoms with Gasteiger partial charge in [0, 0.05) is 30.8 Å². The first kappa shape index (κ1) is 15.4. The van der Waals surface area contributed by atoms with Crippen LogP contribution in [0.2, 0.25) is 0 Å². The Morgan fingerprint density at radius 2 is 1.96 bits per heavy atom. The third-order valence-corrected chi connectivity index (χ3v) is 6.19. The number of nitrogens with zero attached hydrogens (tertiary/aromatic N) is 1. The Morgan fingerprint density at radius 1 is 1.25 bits per heavy atom. The van der Waals surface area contributed by atoms with Crippen molar-refractivity contribution in [2.24, 2.45) is 11.3 Å². The standard InChI is InChI=1S/C18H22N2O4/c1-10-14-12(3-2-4-13(14)21)19-15(10)16(22)20-7-5-18(6-8-20)9-11(18)17(23)24/h11,19H,2-9H2,1H3,(H,23,24). The van der Waals surface area contributed by atoms with Gasteiger partial charge in [0.1, 0.15) is 5.69 Å². The summed E-state index contributed by atoms with van der Waals surface area (Å²) in [6.45, 7) is 3.04. The van der Waals surface area contributed by atoms with Crippen LogP contribution < -0.4 is 0 Å². The highest BCUT2D eigenvalue weighted by Gasteiger charge is 2.59. The molecule has 3 aliphatic rings. The van der Waals surface area contributed by atoms with Gasteiger partial charge in [-0.1, -0.05) is 0 Å². The monoisotopic (exact) mass is 330 g/mol. The molecule has 0 radical (unpaired) electrons. The van der Waals surface area contributed by atoms with E-state index in [4.69, 9.17) is 5.11 Å². The van der Waals surface area contributed by atoms with Gasteiger partial charge in [0.2, 0.25) is 0 Å². The first-order valence-electron chi connectivity index (χ1n) is 8.70. The van der Waals surface area contributed by atoms with Gasteiger partial charge in [-0.3, -0.25) is 14.4 Å². The fourth-order valence-corrected chi connectivity index (χ4v) is 4.55. The van der Waals surface area contributed by atoms with Crippen molar-refractivity contribution in [1.82, 2.24) is 9.88 Å². The molecule has 1 amide bonds. The number of aromatic amines is 1. The number of amides is 1. The summed E-state index contributed by atoms with van der Waals surface area (Å²) in [6.07, 6.45) is 4.47. The van der Waals surface area contributed by atoms with Crippen molar-refractivity contribution in [3.63, 3.8) is 0 Å². The number of piperidine rings is 1. The lowest BCUT2D eigenvalue weighted by molar-refractivity contribution is -0.139. The molecule has 1 unspecified atom stereocenters. The number of aryl methyl sites for hydroxylation is 1. The van der Waals surface area contributed by atoms with Crippen LogP contribution in [0.5, 0.6) is 0 Å². The molecule has 1 atom stereocenters. The van der Waals surface area contributed by atoms with Crippen molar-refractivity contribution >= 4 is 17.7 Å². The Morgan fingerprint density at radius 3 is 2.54 bits per heavy atom. The van der Waals surface area contributed by atoms with Crippen LogP contribution in [0.15, 0.2) is 0 Å². The number of carbonyl (C=O) groups excluding carboxylic acids is 2. The number of hydrogen-bond donors (Lipinski definition) is 2. The first-order valence-corrected chi connectivity index (χ1v) is 8.70. The predicted octanol–water partition coefficient (Wildman–Crippen LogP) is 2.17. The summed E-state index contributed by atoms with van der Waals surface area (Å²) >= 11 is 0. The number of likely N-dealkylation sites (tertiary alicyclic amines) is 1. The van der Waals surface area contributed by atoms with E-state index in [1.807, 2.05) is 6.92 Å². The highest BCUT2D eigenvalue weighted by Crippen LogP contribution is 2.59. The minimum atomic E-state index is -0.707. The van der Waals surface area contributed by atoms with Crippen molar-refractivity contribution in [2.45, 2.75) is 45.4 Å². The second kappa shape index (κ2) is 5.19. The molecule has 2 N–H and O–H groups in total. The van der Waals surface area contributed by atoms with Crippen molar-refractivity contribution in [2.75, 3.05) is 13.1 Å². The smallest absolute Gasteiger partial charge is 0.307 e. The highest BCUT2D eigenvalue weighted by atomic mass is 16.4.